The van der Waals surface area contributed by atoms with Crippen LogP contribution in [0.1, 0.15) is 32.6 Å². The van der Waals surface area contributed by atoms with Gasteiger partial charge in [0.1, 0.15) is 5.82 Å². The van der Waals surface area contributed by atoms with Crippen LogP contribution in [-0.4, -0.2) is 61.9 Å². The van der Waals surface area contributed by atoms with Crippen LogP contribution in [0.3, 0.4) is 0 Å². The highest BCUT2D eigenvalue weighted by Crippen LogP contribution is 2.27. The lowest BCUT2D eigenvalue weighted by molar-refractivity contribution is -0.137. The van der Waals surface area contributed by atoms with Gasteiger partial charge in [0, 0.05) is 45.3 Å². The third-order valence-corrected chi connectivity index (χ3v) is 7.13. The van der Waals surface area contributed by atoms with E-state index in [1.165, 1.54) is 16.4 Å². The number of rotatable bonds is 4. The number of benzene rings is 1. The lowest BCUT2D eigenvalue weighted by Crippen LogP contribution is -2.53. The first kappa shape index (κ1) is 19.3. The predicted octanol–water partition coefficient (Wildman–Crippen LogP) is 2.01. The number of halogens is 1. The first-order chi connectivity index (χ1) is 12.4. The number of sulfonamides is 1. The Kier molecular flexibility index (Phi) is 5.94. The van der Waals surface area contributed by atoms with Crippen molar-refractivity contribution < 1.29 is 22.3 Å². The molecule has 2 saturated heterocycles. The van der Waals surface area contributed by atoms with Gasteiger partial charge < -0.3 is 9.64 Å². The molecule has 0 atom stereocenters. The molecule has 8 heteroatoms. The normalized spacial score (nSPS) is 20.8. The first-order valence-electron chi connectivity index (χ1n) is 9.02. The summed E-state index contributed by atoms with van der Waals surface area (Å²) in [5.74, 6) is -0.423. The number of carbonyl (C=O) groups is 1. The molecule has 2 aliphatic heterocycles. The summed E-state index contributed by atoms with van der Waals surface area (Å²) in [5, 5.41) is 0. The Balaban J connectivity index is 1.67. The highest BCUT2D eigenvalue weighted by molar-refractivity contribution is 7.89. The predicted molar refractivity (Wildman–Crippen MR) is 94.5 cm³/mol. The van der Waals surface area contributed by atoms with Gasteiger partial charge in [-0.05, 0) is 49.9 Å². The van der Waals surface area contributed by atoms with E-state index in [4.69, 9.17) is 4.74 Å². The molecule has 144 valence electrons. The van der Waals surface area contributed by atoms with E-state index >= 15 is 0 Å². The van der Waals surface area contributed by atoms with Crippen LogP contribution in [0, 0.1) is 5.82 Å². The van der Waals surface area contributed by atoms with Crippen molar-refractivity contribution in [3.8, 4) is 0 Å². The second-order valence-corrected chi connectivity index (χ2v) is 8.80. The molecule has 6 nitrogen and oxygen atoms in total. The summed E-state index contributed by atoms with van der Waals surface area (Å²) in [6.45, 7) is 3.62. The zero-order valence-electron chi connectivity index (χ0n) is 14.9. The van der Waals surface area contributed by atoms with Crippen molar-refractivity contribution >= 4 is 15.9 Å². The lowest BCUT2D eigenvalue weighted by atomic mass is 9.99. The fourth-order valence-corrected chi connectivity index (χ4v) is 5.36. The van der Waals surface area contributed by atoms with Crippen molar-refractivity contribution in [1.82, 2.24) is 9.21 Å². The number of hydrogen-bond donors (Lipinski definition) is 0. The molecule has 0 radical (unpaired) electrons. The van der Waals surface area contributed by atoms with Crippen LogP contribution >= 0.6 is 0 Å². The Morgan fingerprint density at radius 1 is 1.08 bits per heavy atom. The minimum Gasteiger partial charge on any atom is -0.381 e. The van der Waals surface area contributed by atoms with Crippen molar-refractivity contribution in [1.29, 1.82) is 0 Å². The largest absolute Gasteiger partial charge is 0.381 e. The molecule has 0 unspecified atom stereocenters. The van der Waals surface area contributed by atoms with E-state index in [-0.39, 0.29) is 22.9 Å². The molecule has 2 heterocycles. The lowest BCUT2D eigenvalue weighted by Gasteiger charge is -2.43. The molecule has 2 aliphatic rings. The molecule has 0 aliphatic carbocycles. The molecule has 0 N–H and O–H groups in total. The summed E-state index contributed by atoms with van der Waals surface area (Å²) >= 11 is 0. The molecule has 0 spiro atoms. The van der Waals surface area contributed by atoms with Crippen molar-refractivity contribution in [3.63, 3.8) is 0 Å². The number of carbonyl (C=O) groups excluding carboxylic acids is 1. The summed E-state index contributed by atoms with van der Waals surface area (Å²) < 4.78 is 45.3. The SMILES string of the molecule is CC(=O)N(C1CCOCC1)C1CCN(S(=O)(=O)c2ccc(F)cc2)CC1. The molecule has 0 saturated carbocycles. The molecule has 0 aromatic heterocycles. The average Bonchev–Trinajstić information content (AvgIpc) is 2.63. The zero-order chi connectivity index (χ0) is 18.7. The van der Waals surface area contributed by atoms with Gasteiger partial charge in [0.2, 0.25) is 15.9 Å². The Labute approximate surface area is 154 Å². The number of hydrogen-bond acceptors (Lipinski definition) is 4. The molecule has 1 aromatic carbocycles. The number of piperidine rings is 1. The van der Waals surface area contributed by atoms with Gasteiger partial charge >= 0.3 is 0 Å². The fourth-order valence-electron chi connectivity index (χ4n) is 3.89. The number of amides is 1. The van der Waals surface area contributed by atoms with Crippen LogP contribution in [0.2, 0.25) is 0 Å². The molecular weight excluding hydrogens is 359 g/mol. The van der Waals surface area contributed by atoms with E-state index in [0.717, 1.165) is 25.0 Å². The maximum atomic E-state index is 13.1. The van der Waals surface area contributed by atoms with Crippen molar-refractivity contribution in [2.24, 2.45) is 0 Å². The topological polar surface area (TPSA) is 66.9 Å². The van der Waals surface area contributed by atoms with Crippen LogP contribution in [0.4, 0.5) is 4.39 Å². The fraction of sp³-hybridized carbons (Fsp3) is 0.611. The first-order valence-corrected chi connectivity index (χ1v) is 10.5. The summed E-state index contributed by atoms with van der Waals surface area (Å²) in [4.78, 5) is 14.2. The molecule has 3 rings (SSSR count). The Morgan fingerprint density at radius 3 is 2.15 bits per heavy atom. The van der Waals surface area contributed by atoms with Crippen LogP contribution in [0.15, 0.2) is 29.2 Å². The van der Waals surface area contributed by atoms with Crippen LogP contribution in [-0.2, 0) is 19.6 Å². The second-order valence-electron chi connectivity index (χ2n) is 6.86. The molecule has 0 bridgehead atoms. The second kappa shape index (κ2) is 8.02. The van der Waals surface area contributed by atoms with Gasteiger partial charge in [-0.1, -0.05) is 0 Å². The molecular formula is C18H25FN2O4S. The third-order valence-electron chi connectivity index (χ3n) is 5.22. The number of ether oxygens (including phenoxy) is 1. The minimum absolute atomic E-state index is 0.0386. The highest BCUT2D eigenvalue weighted by atomic mass is 32.2. The Bertz CT molecular complexity index is 724. The molecule has 1 aromatic rings. The molecule has 2 fully saturated rings. The maximum Gasteiger partial charge on any atom is 0.243 e. The zero-order valence-corrected chi connectivity index (χ0v) is 15.8. The van der Waals surface area contributed by atoms with Crippen molar-refractivity contribution in [2.75, 3.05) is 26.3 Å². The maximum absolute atomic E-state index is 13.1. The van der Waals surface area contributed by atoms with Gasteiger partial charge in [-0.2, -0.15) is 4.31 Å². The van der Waals surface area contributed by atoms with Crippen LogP contribution < -0.4 is 0 Å². The van der Waals surface area contributed by atoms with Crippen LogP contribution in [0.5, 0.6) is 0 Å². The smallest absolute Gasteiger partial charge is 0.243 e. The van der Waals surface area contributed by atoms with Gasteiger partial charge in [-0.25, -0.2) is 12.8 Å². The number of nitrogens with zero attached hydrogens (tertiary/aromatic N) is 2. The average molecular weight is 384 g/mol. The molecule has 26 heavy (non-hydrogen) atoms. The minimum atomic E-state index is -3.63. The quantitative estimate of drug-likeness (QED) is 0.796. The van der Waals surface area contributed by atoms with E-state index in [9.17, 15) is 17.6 Å². The standard InChI is InChI=1S/C18H25FN2O4S/c1-14(22)21(17-8-12-25-13-9-17)16-6-10-20(11-7-16)26(23,24)18-4-2-15(19)3-5-18/h2-5,16-17H,6-13H2,1H3. The summed E-state index contributed by atoms with van der Waals surface area (Å²) in [5.41, 5.74) is 0. The Morgan fingerprint density at radius 2 is 1.62 bits per heavy atom. The van der Waals surface area contributed by atoms with E-state index in [1.807, 2.05) is 4.90 Å². The Hall–Kier alpha value is -1.51. The van der Waals surface area contributed by atoms with Gasteiger partial charge in [0.05, 0.1) is 4.90 Å². The van der Waals surface area contributed by atoms with Gasteiger partial charge in [0.15, 0.2) is 0 Å². The van der Waals surface area contributed by atoms with Crippen molar-refractivity contribution in [3.05, 3.63) is 30.1 Å². The van der Waals surface area contributed by atoms with Crippen molar-refractivity contribution in [2.45, 2.75) is 49.6 Å². The van der Waals surface area contributed by atoms with E-state index in [1.54, 1.807) is 6.92 Å². The molecule has 1 amide bonds. The summed E-state index contributed by atoms with van der Waals surface area (Å²) in [6.07, 6.45) is 2.87. The summed E-state index contributed by atoms with van der Waals surface area (Å²) in [7, 11) is -3.63. The van der Waals surface area contributed by atoms with Gasteiger partial charge in [-0.15, -0.1) is 0 Å². The van der Waals surface area contributed by atoms with Crippen LogP contribution in [0.25, 0.3) is 0 Å². The highest BCUT2D eigenvalue weighted by Gasteiger charge is 2.35. The summed E-state index contributed by atoms with van der Waals surface area (Å²) in [6, 6.07) is 5.12. The van der Waals surface area contributed by atoms with E-state index in [2.05, 4.69) is 0 Å². The van der Waals surface area contributed by atoms with Gasteiger partial charge in [0.25, 0.3) is 0 Å². The monoisotopic (exact) mass is 384 g/mol. The third kappa shape index (κ3) is 4.07. The van der Waals surface area contributed by atoms with Gasteiger partial charge in [-0.3, -0.25) is 4.79 Å². The van der Waals surface area contributed by atoms with E-state index < -0.39 is 15.8 Å². The van der Waals surface area contributed by atoms with E-state index in [0.29, 0.717) is 39.1 Å².